The van der Waals surface area contributed by atoms with Crippen LogP contribution in [0.4, 0.5) is 26.3 Å². The smallest absolute Gasteiger partial charge is 0.494 e. The van der Waals surface area contributed by atoms with E-state index in [1.807, 2.05) is 0 Å². The van der Waals surface area contributed by atoms with E-state index in [9.17, 15) is 43.2 Å². The van der Waals surface area contributed by atoms with Gasteiger partial charge in [-0.25, -0.2) is 16.8 Å². The Hall–Kier alpha value is -1.76. The molecule has 27 heavy (non-hydrogen) atoms. The molecule has 1 rings (SSSR count). The largest absolute Gasteiger partial charge is 0.498 e. The maximum atomic E-state index is 12.6. The normalized spacial score (nSPS) is 14.1. The Kier molecular flexibility index (Phi) is 6.97. The standard InChI is InChI=1S/C14H14F6O5S2/c1-2-25-11-7-3-5-10(9-11)6-4-8-12(26(21,22)13(15,16)17)27(23,24)14(18,19)20/h3-7,9,12H,2,8H2,1H3/b6-4+. The molecule has 0 radical (unpaired) electrons. The van der Waals surface area contributed by atoms with Gasteiger partial charge in [-0.3, -0.25) is 0 Å². The SMILES string of the molecule is CCOc1cccc(/C=C/CC(S(=O)(=O)C(F)(F)F)S(=O)(=O)C(F)(F)F)c1. The van der Waals surface area contributed by atoms with E-state index in [2.05, 4.69) is 0 Å². The Morgan fingerprint density at radius 2 is 1.52 bits per heavy atom. The molecule has 0 atom stereocenters. The number of allylic oxidation sites excluding steroid dienone is 1. The second-order valence-electron chi connectivity index (χ2n) is 5.05. The number of ether oxygens (including phenoxy) is 1. The molecule has 1 aromatic rings. The summed E-state index contributed by atoms with van der Waals surface area (Å²) in [6.07, 6.45) is 0.0676. The van der Waals surface area contributed by atoms with Crippen LogP contribution in [0.1, 0.15) is 18.9 Å². The average Bonchev–Trinajstić information content (AvgIpc) is 2.49. The van der Waals surface area contributed by atoms with Gasteiger partial charge < -0.3 is 4.74 Å². The lowest BCUT2D eigenvalue weighted by molar-refractivity contribution is -0.0471. The third kappa shape index (κ3) is 5.37. The number of hydrogen-bond acceptors (Lipinski definition) is 5. The van der Waals surface area contributed by atoms with Gasteiger partial charge in [-0.1, -0.05) is 24.3 Å². The van der Waals surface area contributed by atoms with Crippen LogP contribution in [0.2, 0.25) is 0 Å². The highest BCUT2D eigenvalue weighted by molar-refractivity contribution is 8.09. The van der Waals surface area contributed by atoms with Crippen molar-refractivity contribution in [3.05, 3.63) is 35.9 Å². The molecule has 0 spiro atoms. The summed E-state index contributed by atoms with van der Waals surface area (Å²) >= 11 is 0. The fourth-order valence-electron chi connectivity index (χ4n) is 1.91. The van der Waals surface area contributed by atoms with Crippen LogP contribution in [0.3, 0.4) is 0 Å². The van der Waals surface area contributed by atoms with Crippen molar-refractivity contribution in [1.29, 1.82) is 0 Å². The van der Waals surface area contributed by atoms with Gasteiger partial charge in [0, 0.05) is 0 Å². The maximum absolute atomic E-state index is 12.6. The van der Waals surface area contributed by atoms with Gasteiger partial charge in [0.05, 0.1) is 6.61 Å². The lowest BCUT2D eigenvalue weighted by Crippen LogP contribution is -2.44. The quantitative estimate of drug-likeness (QED) is 0.605. The van der Waals surface area contributed by atoms with Gasteiger partial charge in [-0.15, -0.1) is 0 Å². The first-order chi connectivity index (χ1) is 12.1. The van der Waals surface area contributed by atoms with Crippen molar-refractivity contribution in [2.75, 3.05) is 6.61 Å². The summed E-state index contributed by atoms with van der Waals surface area (Å²) in [6, 6.07) is 5.79. The first kappa shape index (κ1) is 23.3. The molecule has 0 fully saturated rings. The molecule has 0 N–H and O–H groups in total. The van der Waals surface area contributed by atoms with Gasteiger partial charge >= 0.3 is 11.0 Å². The molecule has 0 aliphatic heterocycles. The zero-order chi connectivity index (χ0) is 21.1. The average molecular weight is 440 g/mol. The predicted molar refractivity (Wildman–Crippen MR) is 85.0 cm³/mol. The summed E-state index contributed by atoms with van der Waals surface area (Å²) in [5, 5.41) is 0. The van der Waals surface area contributed by atoms with Gasteiger partial charge in [0.1, 0.15) is 5.75 Å². The van der Waals surface area contributed by atoms with E-state index in [0.717, 1.165) is 6.08 Å². The Morgan fingerprint density at radius 3 is 1.96 bits per heavy atom. The molecule has 0 saturated heterocycles. The van der Waals surface area contributed by atoms with Gasteiger partial charge in [0.25, 0.3) is 19.7 Å². The molecule has 5 nitrogen and oxygen atoms in total. The zero-order valence-electron chi connectivity index (χ0n) is 13.6. The fourth-order valence-corrected chi connectivity index (χ4v) is 5.22. The van der Waals surface area contributed by atoms with Gasteiger partial charge in [-0.2, -0.15) is 26.3 Å². The zero-order valence-corrected chi connectivity index (χ0v) is 15.2. The maximum Gasteiger partial charge on any atom is 0.498 e. The van der Waals surface area contributed by atoms with Crippen LogP contribution < -0.4 is 4.74 Å². The highest BCUT2D eigenvalue weighted by atomic mass is 32.3. The van der Waals surface area contributed by atoms with Gasteiger partial charge in [-0.05, 0) is 31.0 Å². The molecule has 0 bridgehead atoms. The summed E-state index contributed by atoms with van der Waals surface area (Å²) in [4.78, 5) is 0. The van der Waals surface area contributed by atoms with Crippen LogP contribution in [0.5, 0.6) is 5.75 Å². The highest BCUT2D eigenvalue weighted by Crippen LogP contribution is 2.37. The molecular weight excluding hydrogens is 426 g/mol. The van der Waals surface area contributed by atoms with E-state index in [0.29, 0.717) is 18.4 Å². The third-order valence-electron chi connectivity index (χ3n) is 3.15. The fraction of sp³-hybridized carbons (Fsp3) is 0.429. The molecule has 0 amide bonds. The highest BCUT2D eigenvalue weighted by Gasteiger charge is 2.62. The molecule has 154 valence electrons. The van der Waals surface area contributed by atoms with Crippen LogP contribution in [0.15, 0.2) is 30.3 Å². The van der Waals surface area contributed by atoms with E-state index in [-0.39, 0.29) is 5.56 Å². The number of benzene rings is 1. The molecule has 0 saturated carbocycles. The first-order valence-electron chi connectivity index (χ1n) is 7.14. The number of hydrogen-bond donors (Lipinski definition) is 0. The molecule has 1 aromatic carbocycles. The summed E-state index contributed by atoms with van der Waals surface area (Å²) in [5.41, 5.74) is -12.1. The first-order valence-corrected chi connectivity index (χ1v) is 10.2. The Morgan fingerprint density at radius 1 is 1.00 bits per heavy atom. The van der Waals surface area contributed by atoms with E-state index in [4.69, 9.17) is 4.74 Å². The summed E-state index contributed by atoms with van der Waals surface area (Å²) < 4.78 is 123. The lowest BCUT2D eigenvalue weighted by Gasteiger charge is -2.19. The van der Waals surface area contributed by atoms with Gasteiger partial charge in [0.15, 0.2) is 4.58 Å². The van der Waals surface area contributed by atoms with Crippen molar-refractivity contribution in [2.24, 2.45) is 0 Å². The Labute approximate surface area is 151 Å². The minimum absolute atomic E-state index is 0.258. The third-order valence-corrected chi connectivity index (χ3v) is 7.73. The van der Waals surface area contributed by atoms with Crippen molar-refractivity contribution in [2.45, 2.75) is 28.9 Å². The topological polar surface area (TPSA) is 77.5 Å². The van der Waals surface area contributed by atoms with E-state index in [1.165, 1.54) is 24.3 Å². The van der Waals surface area contributed by atoms with Crippen LogP contribution in [0, 0.1) is 0 Å². The number of rotatable bonds is 7. The number of alkyl halides is 6. The van der Waals surface area contributed by atoms with Crippen LogP contribution in [0.25, 0.3) is 6.08 Å². The van der Waals surface area contributed by atoms with E-state index < -0.39 is 41.7 Å². The van der Waals surface area contributed by atoms with E-state index in [1.54, 1.807) is 6.92 Å². The monoisotopic (exact) mass is 440 g/mol. The summed E-state index contributed by atoms with van der Waals surface area (Å²) in [7, 11) is -13.3. The van der Waals surface area contributed by atoms with Crippen LogP contribution in [-0.4, -0.2) is 39.0 Å². The predicted octanol–water partition coefficient (Wildman–Crippen LogP) is 3.68. The molecule has 0 heterocycles. The molecule has 0 unspecified atom stereocenters. The summed E-state index contributed by atoms with van der Waals surface area (Å²) in [6.45, 7) is 1.97. The molecule has 13 heteroatoms. The Bertz CT molecular complexity index is 841. The minimum atomic E-state index is -6.63. The second-order valence-corrected chi connectivity index (χ2v) is 9.60. The second kappa shape index (κ2) is 8.09. The number of halogens is 6. The Balaban J connectivity index is 3.26. The summed E-state index contributed by atoms with van der Waals surface area (Å²) in [5.74, 6) is 0.349. The number of sulfone groups is 2. The lowest BCUT2D eigenvalue weighted by atomic mass is 10.2. The molecule has 0 aromatic heterocycles. The van der Waals surface area contributed by atoms with Crippen LogP contribution in [-0.2, 0) is 19.7 Å². The van der Waals surface area contributed by atoms with Gasteiger partial charge in [0.2, 0.25) is 0 Å². The van der Waals surface area contributed by atoms with E-state index >= 15 is 0 Å². The molecule has 0 aliphatic carbocycles. The van der Waals surface area contributed by atoms with Crippen LogP contribution >= 0.6 is 0 Å². The minimum Gasteiger partial charge on any atom is -0.494 e. The van der Waals surface area contributed by atoms with Crippen molar-refractivity contribution >= 4 is 25.8 Å². The molecular formula is C14H14F6O5S2. The van der Waals surface area contributed by atoms with Crippen molar-refractivity contribution in [3.63, 3.8) is 0 Å². The van der Waals surface area contributed by atoms with Crippen molar-refractivity contribution in [1.82, 2.24) is 0 Å². The molecule has 0 aliphatic rings. The van der Waals surface area contributed by atoms with Crippen molar-refractivity contribution < 1.29 is 47.9 Å². The van der Waals surface area contributed by atoms with Crippen molar-refractivity contribution in [3.8, 4) is 5.75 Å².